The molecule has 1 heterocycles. The van der Waals surface area contributed by atoms with Crippen LogP contribution in [0, 0.1) is 0 Å². The van der Waals surface area contributed by atoms with E-state index in [-0.39, 0.29) is 11.0 Å². The molecule has 0 bridgehead atoms. The Morgan fingerprint density at radius 2 is 1.62 bits per heavy atom. The molecule has 0 aromatic heterocycles. The summed E-state index contributed by atoms with van der Waals surface area (Å²) in [5.74, 6) is -0.0217. The Hall–Kier alpha value is -4.38. The molecule has 0 fully saturated rings. The van der Waals surface area contributed by atoms with Gasteiger partial charge in [-0.05, 0) is 41.5 Å². The average Bonchev–Trinajstić information content (AvgIpc) is 2.81. The van der Waals surface area contributed by atoms with Gasteiger partial charge in [0.25, 0.3) is 0 Å². The first-order valence-corrected chi connectivity index (χ1v) is 10.1. The monoisotopic (exact) mass is 422 g/mol. The summed E-state index contributed by atoms with van der Waals surface area (Å²) in [5, 5.41) is 10.5. The van der Waals surface area contributed by atoms with Crippen molar-refractivity contribution < 1.29 is 19.1 Å². The Kier molecular flexibility index (Phi) is 4.92. The van der Waals surface area contributed by atoms with Crippen molar-refractivity contribution in [3.63, 3.8) is 0 Å². The number of benzene rings is 4. The first-order valence-electron chi connectivity index (χ1n) is 10.1. The number of rotatable bonds is 5. The summed E-state index contributed by atoms with van der Waals surface area (Å²) >= 11 is 0. The first-order chi connectivity index (χ1) is 15.6. The van der Waals surface area contributed by atoms with Crippen molar-refractivity contribution in [2.24, 2.45) is 0 Å². The lowest BCUT2D eigenvalue weighted by Gasteiger charge is -2.17. The molecule has 3 aromatic rings. The maximum Gasteiger partial charge on any atom is 0.336 e. The van der Waals surface area contributed by atoms with E-state index in [1.807, 2.05) is 42.5 Å². The number of hydrogen-bond acceptors (Lipinski definition) is 4. The highest BCUT2D eigenvalue weighted by Crippen LogP contribution is 2.41. The largest absolute Gasteiger partial charge is 0.489 e. The van der Waals surface area contributed by atoms with E-state index in [1.165, 1.54) is 12.1 Å². The lowest BCUT2D eigenvalue weighted by molar-refractivity contribution is 0.0697. The van der Waals surface area contributed by atoms with Crippen LogP contribution in [0.15, 0.2) is 100 Å². The standard InChI is InChI=1S/C27H18O5/c28-18-10-12-22-24(14-18)32-25-15-19(31-16-17-6-2-1-3-7-17)11-13-23(25)26(22)20-8-4-5-9-21(20)27(29)30/h1-15H,16H2,(H,29,30). The van der Waals surface area contributed by atoms with Crippen LogP contribution >= 0.6 is 0 Å². The zero-order valence-corrected chi connectivity index (χ0v) is 16.9. The van der Waals surface area contributed by atoms with Gasteiger partial charge in [-0.15, -0.1) is 0 Å². The van der Waals surface area contributed by atoms with Gasteiger partial charge in [-0.3, -0.25) is 4.79 Å². The minimum Gasteiger partial charge on any atom is -0.489 e. The normalized spacial score (nSPS) is 11.0. The highest BCUT2D eigenvalue weighted by atomic mass is 16.5. The van der Waals surface area contributed by atoms with E-state index in [0.717, 1.165) is 10.9 Å². The van der Waals surface area contributed by atoms with Crippen LogP contribution in [-0.4, -0.2) is 11.1 Å². The molecule has 0 spiro atoms. The summed E-state index contributed by atoms with van der Waals surface area (Å²) in [6.45, 7) is 0.402. The van der Waals surface area contributed by atoms with Crippen LogP contribution in [0.3, 0.4) is 0 Å². The van der Waals surface area contributed by atoms with Gasteiger partial charge in [0.1, 0.15) is 23.7 Å². The highest BCUT2D eigenvalue weighted by molar-refractivity contribution is 6.07. The molecule has 1 N–H and O–H groups in total. The zero-order chi connectivity index (χ0) is 22.1. The Balaban J connectivity index is 1.70. The Morgan fingerprint density at radius 3 is 2.44 bits per heavy atom. The molecule has 5 nitrogen and oxygen atoms in total. The van der Waals surface area contributed by atoms with Gasteiger partial charge >= 0.3 is 5.97 Å². The van der Waals surface area contributed by atoms with E-state index >= 15 is 0 Å². The van der Waals surface area contributed by atoms with Crippen molar-refractivity contribution in [1.29, 1.82) is 0 Å². The Labute approximate surface area is 183 Å². The molecule has 0 saturated carbocycles. The van der Waals surface area contributed by atoms with E-state index in [0.29, 0.717) is 40.4 Å². The van der Waals surface area contributed by atoms with E-state index in [4.69, 9.17) is 9.15 Å². The van der Waals surface area contributed by atoms with Crippen LogP contribution in [0.1, 0.15) is 15.9 Å². The molecule has 2 aliphatic rings. The van der Waals surface area contributed by atoms with Gasteiger partial charge < -0.3 is 14.3 Å². The van der Waals surface area contributed by atoms with Crippen LogP contribution in [0.25, 0.3) is 33.4 Å². The fourth-order valence-electron chi connectivity index (χ4n) is 3.86. The summed E-state index contributed by atoms with van der Waals surface area (Å²) in [5.41, 5.74) is 3.46. The van der Waals surface area contributed by atoms with Crippen molar-refractivity contribution in [2.75, 3.05) is 0 Å². The Bertz CT molecular complexity index is 1470. The number of hydrogen-bond donors (Lipinski definition) is 1. The second kappa shape index (κ2) is 8.04. The van der Waals surface area contributed by atoms with Crippen molar-refractivity contribution in [3.05, 3.63) is 112 Å². The highest BCUT2D eigenvalue weighted by Gasteiger charge is 2.21. The molecule has 0 saturated heterocycles. The van der Waals surface area contributed by atoms with Gasteiger partial charge in [-0.25, -0.2) is 4.79 Å². The van der Waals surface area contributed by atoms with E-state index < -0.39 is 5.97 Å². The summed E-state index contributed by atoms with van der Waals surface area (Å²) in [6.07, 6.45) is 0. The van der Waals surface area contributed by atoms with Crippen LogP contribution < -0.4 is 10.2 Å². The predicted molar refractivity (Wildman–Crippen MR) is 122 cm³/mol. The second-order valence-corrected chi connectivity index (χ2v) is 7.42. The number of carbonyl (C=O) groups is 1. The number of carboxylic acid groups (broad SMARTS) is 1. The average molecular weight is 422 g/mol. The second-order valence-electron chi connectivity index (χ2n) is 7.42. The molecular formula is C27H18O5. The third-order valence-electron chi connectivity index (χ3n) is 5.34. The SMILES string of the molecule is O=C(O)c1ccccc1-c1c2ccc(=O)cc-2oc2cc(OCc3ccccc3)ccc12. The van der Waals surface area contributed by atoms with Crippen LogP contribution in [-0.2, 0) is 6.61 Å². The maximum absolute atomic E-state index is 12.0. The molecule has 5 heteroatoms. The number of aromatic carboxylic acids is 1. The molecule has 5 rings (SSSR count). The summed E-state index contributed by atoms with van der Waals surface area (Å²) in [6, 6.07) is 26.6. The van der Waals surface area contributed by atoms with Crippen molar-refractivity contribution in [3.8, 4) is 28.2 Å². The van der Waals surface area contributed by atoms with Crippen LogP contribution in [0.5, 0.6) is 5.75 Å². The fraction of sp³-hybridized carbons (Fsp3) is 0.0370. The van der Waals surface area contributed by atoms with E-state index in [2.05, 4.69) is 0 Å². The molecule has 3 aromatic carbocycles. The van der Waals surface area contributed by atoms with Gasteiger partial charge in [0.15, 0.2) is 5.43 Å². The molecule has 1 aliphatic carbocycles. The lowest BCUT2D eigenvalue weighted by Crippen LogP contribution is -2.03. The van der Waals surface area contributed by atoms with E-state index in [1.54, 1.807) is 36.4 Å². The van der Waals surface area contributed by atoms with Gasteiger partial charge in [0.2, 0.25) is 0 Å². The molecule has 0 radical (unpaired) electrons. The third kappa shape index (κ3) is 3.61. The first kappa shape index (κ1) is 19.6. The summed E-state index contributed by atoms with van der Waals surface area (Å²) < 4.78 is 12.0. The zero-order valence-electron chi connectivity index (χ0n) is 16.9. The summed E-state index contributed by atoms with van der Waals surface area (Å²) in [7, 11) is 0. The number of carboxylic acids is 1. The number of fused-ring (bicyclic) bond motifs is 2. The predicted octanol–water partition coefficient (Wildman–Crippen LogP) is 5.84. The quantitative estimate of drug-likeness (QED) is 0.360. The Morgan fingerprint density at radius 1 is 0.844 bits per heavy atom. The lowest BCUT2D eigenvalue weighted by atomic mass is 9.91. The molecule has 0 amide bonds. The molecule has 1 aliphatic heterocycles. The fourth-order valence-corrected chi connectivity index (χ4v) is 3.86. The van der Waals surface area contributed by atoms with Gasteiger partial charge in [-0.2, -0.15) is 0 Å². The van der Waals surface area contributed by atoms with Crippen molar-refractivity contribution in [1.82, 2.24) is 0 Å². The smallest absolute Gasteiger partial charge is 0.336 e. The van der Waals surface area contributed by atoms with E-state index in [9.17, 15) is 14.7 Å². The maximum atomic E-state index is 12.0. The van der Waals surface area contributed by atoms with Gasteiger partial charge in [0, 0.05) is 28.6 Å². The minimum absolute atomic E-state index is 0.178. The minimum atomic E-state index is -1.02. The topological polar surface area (TPSA) is 76.7 Å². The van der Waals surface area contributed by atoms with Crippen LogP contribution in [0.2, 0.25) is 0 Å². The molecular weight excluding hydrogens is 404 g/mol. The van der Waals surface area contributed by atoms with Crippen molar-refractivity contribution in [2.45, 2.75) is 6.61 Å². The van der Waals surface area contributed by atoms with Crippen LogP contribution in [0.4, 0.5) is 0 Å². The van der Waals surface area contributed by atoms with Gasteiger partial charge in [0.05, 0.1) is 5.56 Å². The van der Waals surface area contributed by atoms with Gasteiger partial charge in [-0.1, -0.05) is 48.5 Å². The van der Waals surface area contributed by atoms with Crippen molar-refractivity contribution >= 4 is 16.9 Å². The summed E-state index contributed by atoms with van der Waals surface area (Å²) in [4.78, 5) is 23.9. The third-order valence-corrected chi connectivity index (χ3v) is 5.34. The number of ether oxygens (including phenoxy) is 1. The molecule has 0 atom stereocenters. The molecule has 156 valence electrons. The molecule has 32 heavy (non-hydrogen) atoms. The molecule has 0 unspecified atom stereocenters.